The van der Waals surface area contributed by atoms with E-state index in [9.17, 15) is 4.79 Å². The van der Waals surface area contributed by atoms with Crippen molar-refractivity contribution in [3.05, 3.63) is 0 Å². The molecule has 4 heteroatoms. The van der Waals surface area contributed by atoms with Crippen LogP contribution >= 0.6 is 23.2 Å². The molecular weight excluding hydrogens is 173 g/mol. The highest BCUT2D eigenvalue weighted by molar-refractivity contribution is 6.36. The highest BCUT2D eigenvalue weighted by Crippen LogP contribution is 1.98. The molecule has 1 unspecified atom stereocenters. The number of hydrogen-bond donors (Lipinski definition) is 1. The smallest absolute Gasteiger partial charge is 0.239 e. The normalized spacial score (nSPS) is 13.3. The van der Waals surface area contributed by atoms with E-state index in [1.165, 1.54) is 0 Å². The van der Waals surface area contributed by atoms with Crippen molar-refractivity contribution in [3.63, 3.8) is 0 Å². The van der Waals surface area contributed by atoms with Gasteiger partial charge in [0, 0.05) is 11.9 Å². The third-order valence-electron chi connectivity index (χ3n) is 0.851. The fourth-order valence-electron chi connectivity index (χ4n) is 0.445. The van der Waals surface area contributed by atoms with Crippen molar-refractivity contribution in [2.75, 3.05) is 5.88 Å². The Kier molecular flexibility index (Phi) is 4.83. The molecule has 0 aliphatic heterocycles. The summed E-state index contributed by atoms with van der Waals surface area (Å²) in [5.74, 6) is -0.0493. The Morgan fingerprint density at radius 2 is 2.10 bits per heavy atom. The first-order valence-electron chi connectivity index (χ1n) is 3.08. The van der Waals surface area contributed by atoms with Crippen molar-refractivity contribution >= 4 is 29.1 Å². The van der Waals surface area contributed by atoms with E-state index in [0.717, 1.165) is 0 Å². The Labute approximate surface area is 70.9 Å². The van der Waals surface area contributed by atoms with E-state index >= 15 is 0 Å². The molecule has 0 saturated heterocycles. The van der Waals surface area contributed by atoms with Gasteiger partial charge in [0.15, 0.2) is 0 Å². The first-order chi connectivity index (χ1) is 4.57. The molecule has 0 saturated carbocycles. The first-order valence-corrected chi connectivity index (χ1v) is 4.05. The fraction of sp³-hybridized carbons (Fsp3) is 0.833. The standard InChI is InChI=1S/C6H11Cl2NO/c1-4(2)9-6(10)5(8)3-7/h4-5H,3H2,1-2H3,(H,9,10). The lowest BCUT2D eigenvalue weighted by molar-refractivity contribution is -0.120. The average molecular weight is 184 g/mol. The predicted octanol–water partition coefficient (Wildman–Crippen LogP) is 1.36. The molecule has 2 nitrogen and oxygen atoms in total. The van der Waals surface area contributed by atoms with Crippen LogP contribution in [-0.2, 0) is 4.79 Å². The minimum atomic E-state index is -0.607. The van der Waals surface area contributed by atoms with Crippen molar-refractivity contribution in [3.8, 4) is 0 Å². The minimum absolute atomic E-state index is 0.122. The summed E-state index contributed by atoms with van der Waals surface area (Å²) < 4.78 is 0. The maximum absolute atomic E-state index is 10.9. The van der Waals surface area contributed by atoms with Crippen LogP contribution in [0.15, 0.2) is 0 Å². The zero-order chi connectivity index (χ0) is 8.15. The summed E-state index contributed by atoms with van der Waals surface area (Å²) in [7, 11) is 0. The van der Waals surface area contributed by atoms with E-state index < -0.39 is 5.38 Å². The number of alkyl halides is 2. The second-order valence-corrected chi connectivity index (χ2v) is 3.12. The molecule has 0 spiro atoms. The summed E-state index contributed by atoms with van der Waals surface area (Å²) in [5.41, 5.74) is 0. The van der Waals surface area contributed by atoms with Gasteiger partial charge in [0.2, 0.25) is 5.91 Å². The predicted molar refractivity (Wildman–Crippen MR) is 43.6 cm³/mol. The van der Waals surface area contributed by atoms with Crippen molar-refractivity contribution < 1.29 is 4.79 Å². The van der Waals surface area contributed by atoms with Crippen LogP contribution < -0.4 is 5.32 Å². The summed E-state index contributed by atoms with van der Waals surface area (Å²) in [5, 5.41) is 2.03. The lowest BCUT2D eigenvalue weighted by atomic mass is 10.3. The first kappa shape index (κ1) is 10.0. The van der Waals surface area contributed by atoms with Gasteiger partial charge in [-0.25, -0.2) is 0 Å². The molecule has 0 heterocycles. The summed E-state index contributed by atoms with van der Waals surface area (Å²) in [6, 6.07) is 0.122. The molecule has 60 valence electrons. The third-order valence-corrected chi connectivity index (χ3v) is 1.67. The molecule has 10 heavy (non-hydrogen) atoms. The Hall–Kier alpha value is 0.0500. The van der Waals surface area contributed by atoms with Gasteiger partial charge in [0.05, 0.1) is 0 Å². The van der Waals surface area contributed by atoms with Crippen molar-refractivity contribution in [2.24, 2.45) is 0 Å². The zero-order valence-electron chi connectivity index (χ0n) is 6.03. The van der Waals surface area contributed by atoms with E-state index in [2.05, 4.69) is 5.32 Å². The van der Waals surface area contributed by atoms with Gasteiger partial charge >= 0.3 is 0 Å². The van der Waals surface area contributed by atoms with Crippen LogP contribution in [-0.4, -0.2) is 23.2 Å². The van der Waals surface area contributed by atoms with Gasteiger partial charge in [0.1, 0.15) is 5.38 Å². The van der Waals surface area contributed by atoms with Gasteiger partial charge in [-0.2, -0.15) is 0 Å². The average Bonchev–Trinajstić information content (AvgIpc) is 1.85. The molecule has 0 radical (unpaired) electrons. The lowest BCUT2D eigenvalue weighted by Gasteiger charge is -2.09. The molecule has 0 aromatic heterocycles. The highest BCUT2D eigenvalue weighted by atomic mass is 35.5. The quantitative estimate of drug-likeness (QED) is 0.659. The Morgan fingerprint density at radius 3 is 2.40 bits per heavy atom. The van der Waals surface area contributed by atoms with Crippen molar-refractivity contribution in [1.29, 1.82) is 0 Å². The van der Waals surface area contributed by atoms with Crippen molar-refractivity contribution in [2.45, 2.75) is 25.3 Å². The number of hydrogen-bond acceptors (Lipinski definition) is 1. The topological polar surface area (TPSA) is 29.1 Å². The van der Waals surface area contributed by atoms with Crippen LogP contribution in [0.2, 0.25) is 0 Å². The summed E-state index contributed by atoms with van der Waals surface area (Å²) >= 11 is 10.9. The Bertz CT molecular complexity index is 116. The molecule has 0 bridgehead atoms. The van der Waals surface area contributed by atoms with Crippen LogP contribution in [0, 0.1) is 0 Å². The number of amides is 1. The maximum atomic E-state index is 10.9. The second kappa shape index (κ2) is 4.80. The monoisotopic (exact) mass is 183 g/mol. The van der Waals surface area contributed by atoms with E-state index in [1.54, 1.807) is 0 Å². The highest BCUT2D eigenvalue weighted by Gasteiger charge is 2.13. The molecule has 0 aromatic carbocycles. The van der Waals surface area contributed by atoms with E-state index in [0.29, 0.717) is 0 Å². The van der Waals surface area contributed by atoms with E-state index in [1.807, 2.05) is 13.8 Å². The molecule has 0 rings (SSSR count). The zero-order valence-corrected chi connectivity index (χ0v) is 7.54. The molecule has 0 aliphatic carbocycles. The summed E-state index contributed by atoms with van der Waals surface area (Å²) in [6.07, 6.45) is 0. The van der Waals surface area contributed by atoms with Crippen LogP contribution in [0.3, 0.4) is 0 Å². The fourth-order valence-corrected chi connectivity index (χ4v) is 0.648. The number of rotatable bonds is 3. The van der Waals surface area contributed by atoms with Gasteiger partial charge in [-0.15, -0.1) is 23.2 Å². The van der Waals surface area contributed by atoms with Gasteiger partial charge in [0.25, 0.3) is 0 Å². The molecular formula is C6H11Cl2NO. The van der Waals surface area contributed by atoms with Gasteiger partial charge in [-0.1, -0.05) is 0 Å². The largest absolute Gasteiger partial charge is 0.353 e. The van der Waals surface area contributed by atoms with Crippen molar-refractivity contribution in [1.82, 2.24) is 5.32 Å². The van der Waals surface area contributed by atoms with Crippen LogP contribution in [0.25, 0.3) is 0 Å². The SMILES string of the molecule is CC(C)NC(=O)C(Cl)CCl. The van der Waals surface area contributed by atoms with Gasteiger partial charge in [-0.3, -0.25) is 4.79 Å². The summed E-state index contributed by atoms with van der Waals surface area (Å²) in [6.45, 7) is 3.74. The molecule has 1 atom stereocenters. The van der Waals surface area contributed by atoms with Crippen LogP contribution in [0.5, 0.6) is 0 Å². The van der Waals surface area contributed by atoms with Gasteiger partial charge < -0.3 is 5.32 Å². The number of carbonyl (C=O) groups is 1. The molecule has 1 N–H and O–H groups in total. The number of nitrogens with one attached hydrogen (secondary N) is 1. The lowest BCUT2D eigenvalue weighted by Crippen LogP contribution is -2.36. The molecule has 0 aliphatic rings. The maximum Gasteiger partial charge on any atom is 0.239 e. The third kappa shape index (κ3) is 3.96. The molecule has 0 aromatic rings. The Morgan fingerprint density at radius 1 is 1.60 bits per heavy atom. The summed E-state index contributed by atoms with van der Waals surface area (Å²) in [4.78, 5) is 10.9. The van der Waals surface area contributed by atoms with Crippen LogP contribution in [0.1, 0.15) is 13.8 Å². The number of carbonyl (C=O) groups excluding carboxylic acids is 1. The molecule has 0 fully saturated rings. The van der Waals surface area contributed by atoms with Crippen LogP contribution in [0.4, 0.5) is 0 Å². The van der Waals surface area contributed by atoms with Gasteiger partial charge in [-0.05, 0) is 13.8 Å². The second-order valence-electron chi connectivity index (χ2n) is 2.29. The Balaban J connectivity index is 3.62. The van der Waals surface area contributed by atoms with E-state index in [4.69, 9.17) is 23.2 Å². The molecule has 1 amide bonds. The number of halogens is 2. The van der Waals surface area contributed by atoms with E-state index in [-0.39, 0.29) is 17.8 Å². The minimum Gasteiger partial charge on any atom is -0.353 e.